The van der Waals surface area contributed by atoms with Gasteiger partial charge in [-0.3, -0.25) is 19.5 Å². The van der Waals surface area contributed by atoms with Crippen LogP contribution < -0.4 is 10.1 Å². The van der Waals surface area contributed by atoms with E-state index in [-0.39, 0.29) is 54.6 Å². The fourth-order valence-corrected chi connectivity index (χ4v) is 4.12. The molecule has 0 fully saturated rings. The number of nitrogens with one attached hydrogen (secondary N) is 1. The molecular formula is C25H32F3N5O4. The van der Waals surface area contributed by atoms with Gasteiger partial charge in [-0.2, -0.15) is 13.2 Å². The molecule has 37 heavy (non-hydrogen) atoms. The molecule has 0 radical (unpaired) electrons. The summed E-state index contributed by atoms with van der Waals surface area (Å²) in [6.07, 6.45) is -1.46. The summed E-state index contributed by atoms with van der Waals surface area (Å²) in [6, 6.07) is 4.28. The molecule has 1 aromatic heterocycles. The highest BCUT2D eigenvalue weighted by atomic mass is 19.4. The number of carbonyl (C=O) groups is 2. The average molecular weight is 524 g/mol. The summed E-state index contributed by atoms with van der Waals surface area (Å²) in [5, 5.41) is 2.70. The minimum atomic E-state index is -4.28. The van der Waals surface area contributed by atoms with Crippen molar-refractivity contribution in [1.29, 1.82) is 0 Å². The highest BCUT2D eigenvalue weighted by molar-refractivity contribution is 6.04. The molecule has 202 valence electrons. The summed E-state index contributed by atoms with van der Waals surface area (Å²) in [5.41, 5.74) is 0.666. The minimum Gasteiger partial charge on any atom is -0.491 e. The molecule has 1 aliphatic rings. The smallest absolute Gasteiger partial charge is 0.390 e. The highest BCUT2D eigenvalue weighted by Crippen LogP contribution is 2.27. The van der Waals surface area contributed by atoms with E-state index in [1.807, 2.05) is 6.92 Å². The summed E-state index contributed by atoms with van der Waals surface area (Å²) in [5.74, 6) is -0.737. The number of alkyl halides is 3. The number of fused-ring (bicyclic) bond motifs is 1. The molecule has 0 saturated heterocycles. The minimum absolute atomic E-state index is 0.0670. The van der Waals surface area contributed by atoms with E-state index in [2.05, 4.69) is 15.3 Å². The van der Waals surface area contributed by atoms with Crippen LogP contribution in [0.5, 0.6) is 5.75 Å². The van der Waals surface area contributed by atoms with Crippen molar-refractivity contribution in [2.45, 2.75) is 38.6 Å². The van der Waals surface area contributed by atoms with Crippen molar-refractivity contribution in [3.63, 3.8) is 0 Å². The first-order valence-corrected chi connectivity index (χ1v) is 11.9. The predicted molar refractivity (Wildman–Crippen MR) is 131 cm³/mol. The third kappa shape index (κ3) is 7.86. The Morgan fingerprint density at radius 2 is 2.00 bits per heavy atom. The monoisotopic (exact) mass is 523 g/mol. The van der Waals surface area contributed by atoms with Gasteiger partial charge in [0.1, 0.15) is 18.1 Å². The third-order valence-corrected chi connectivity index (χ3v) is 6.31. The van der Waals surface area contributed by atoms with Crippen LogP contribution >= 0.6 is 0 Å². The van der Waals surface area contributed by atoms with Gasteiger partial charge in [0.25, 0.3) is 11.8 Å². The second-order valence-corrected chi connectivity index (χ2v) is 9.21. The SMILES string of the molecule is CO[C@@H]1CN(C)C(=O)c2cc(NC(=O)c3cnccn3)ccc2OC[C@@H](C)N(CCC(F)(F)F)C[C@H]1C. The molecule has 0 spiro atoms. The average Bonchev–Trinajstić information content (AvgIpc) is 2.87. The van der Waals surface area contributed by atoms with Crippen LogP contribution in [-0.2, 0) is 4.74 Å². The van der Waals surface area contributed by atoms with Crippen LogP contribution in [0.15, 0.2) is 36.8 Å². The number of aromatic nitrogens is 2. The van der Waals surface area contributed by atoms with Gasteiger partial charge < -0.3 is 19.7 Å². The normalized spacial score (nSPS) is 21.9. The maximum atomic E-state index is 13.4. The van der Waals surface area contributed by atoms with Crippen molar-refractivity contribution < 1.29 is 32.2 Å². The molecule has 2 heterocycles. The van der Waals surface area contributed by atoms with Crippen molar-refractivity contribution in [1.82, 2.24) is 19.8 Å². The van der Waals surface area contributed by atoms with Gasteiger partial charge in [-0.1, -0.05) is 6.92 Å². The van der Waals surface area contributed by atoms with Gasteiger partial charge in [0.2, 0.25) is 0 Å². The van der Waals surface area contributed by atoms with Crippen molar-refractivity contribution in [3.05, 3.63) is 48.0 Å². The molecule has 2 aromatic rings. The second-order valence-electron chi connectivity index (χ2n) is 9.21. The summed E-state index contributed by atoms with van der Waals surface area (Å²) >= 11 is 0. The predicted octanol–water partition coefficient (Wildman–Crippen LogP) is 3.49. The summed E-state index contributed by atoms with van der Waals surface area (Å²) in [6.45, 7) is 4.14. The first-order chi connectivity index (χ1) is 17.5. The van der Waals surface area contributed by atoms with E-state index in [9.17, 15) is 22.8 Å². The fraction of sp³-hybridized carbons (Fsp3) is 0.520. The van der Waals surface area contributed by atoms with Crippen LogP contribution in [0.4, 0.5) is 18.9 Å². The van der Waals surface area contributed by atoms with Gasteiger partial charge in [-0.15, -0.1) is 0 Å². The zero-order valence-electron chi connectivity index (χ0n) is 21.3. The van der Waals surface area contributed by atoms with Crippen molar-refractivity contribution in [2.24, 2.45) is 5.92 Å². The summed E-state index contributed by atoms with van der Waals surface area (Å²) in [4.78, 5) is 37.0. The Morgan fingerprint density at radius 3 is 2.65 bits per heavy atom. The molecule has 1 aliphatic heterocycles. The Balaban J connectivity index is 1.90. The van der Waals surface area contributed by atoms with Crippen LogP contribution in [0.2, 0.25) is 0 Å². The van der Waals surface area contributed by atoms with E-state index in [1.165, 1.54) is 36.7 Å². The lowest BCUT2D eigenvalue weighted by Crippen LogP contribution is -2.47. The number of amides is 2. The quantitative estimate of drug-likeness (QED) is 0.641. The zero-order chi connectivity index (χ0) is 27.2. The summed E-state index contributed by atoms with van der Waals surface area (Å²) in [7, 11) is 3.14. The Labute approximate surface area is 214 Å². The van der Waals surface area contributed by atoms with E-state index >= 15 is 0 Å². The number of rotatable bonds is 5. The highest BCUT2D eigenvalue weighted by Gasteiger charge is 2.32. The molecule has 0 aliphatic carbocycles. The lowest BCUT2D eigenvalue weighted by molar-refractivity contribution is -0.140. The number of likely N-dealkylation sites (N-methyl/N-ethyl adjacent to an activating group) is 1. The molecule has 0 saturated carbocycles. The fourth-order valence-electron chi connectivity index (χ4n) is 4.12. The number of nitrogens with zero attached hydrogens (tertiary/aromatic N) is 4. The van der Waals surface area contributed by atoms with Gasteiger partial charge in [-0.25, -0.2) is 4.98 Å². The van der Waals surface area contributed by atoms with Gasteiger partial charge in [0.05, 0.1) is 24.3 Å². The molecule has 2 amide bonds. The Kier molecular flexibility index (Phi) is 9.44. The maximum absolute atomic E-state index is 13.4. The van der Waals surface area contributed by atoms with Gasteiger partial charge in [-0.05, 0) is 31.0 Å². The van der Waals surface area contributed by atoms with Crippen LogP contribution in [0, 0.1) is 5.92 Å². The number of anilines is 1. The molecule has 0 unspecified atom stereocenters. The number of hydrogen-bond acceptors (Lipinski definition) is 7. The van der Waals surface area contributed by atoms with Crippen molar-refractivity contribution >= 4 is 17.5 Å². The molecule has 0 bridgehead atoms. The number of carbonyl (C=O) groups excluding carboxylic acids is 2. The lowest BCUT2D eigenvalue weighted by Gasteiger charge is -2.36. The Hall–Kier alpha value is -3.25. The molecule has 1 N–H and O–H groups in total. The van der Waals surface area contributed by atoms with E-state index in [0.29, 0.717) is 12.2 Å². The number of benzene rings is 1. The molecule has 1 aromatic carbocycles. The first-order valence-electron chi connectivity index (χ1n) is 11.9. The van der Waals surface area contributed by atoms with Crippen LogP contribution in [0.1, 0.15) is 41.1 Å². The van der Waals surface area contributed by atoms with Crippen molar-refractivity contribution in [2.75, 3.05) is 45.7 Å². The van der Waals surface area contributed by atoms with E-state index in [0.717, 1.165) is 0 Å². The molecule has 3 atom stereocenters. The van der Waals surface area contributed by atoms with Gasteiger partial charge in [0, 0.05) is 57.9 Å². The number of ether oxygens (including phenoxy) is 2. The standard InChI is InChI=1S/C25H32F3N5O4/c1-16-13-33(10-7-25(26,27)28)17(2)15-37-21-6-5-18(31-23(34)20-12-29-8-9-30-20)11-19(21)24(35)32(3)14-22(16)36-4/h5-6,8-9,11-12,16-17,22H,7,10,13-15H2,1-4H3,(H,31,34)/t16-,17-,22-/m1/s1. The second kappa shape index (κ2) is 12.3. The zero-order valence-corrected chi connectivity index (χ0v) is 21.3. The van der Waals surface area contributed by atoms with Crippen LogP contribution in [0.25, 0.3) is 0 Å². The molecule has 9 nitrogen and oxygen atoms in total. The van der Waals surface area contributed by atoms with E-state index in [1.54, 1.807) is 31.0 Å². The van der Waals surface area contributed by atoms with Gasteiger partial charge in [0.15, 0.2) is 0 Å². The van der Waals surface area contributed by atoms with Gasteiger partial charge >= 0.3 is 6.18 Å². The summed E-state index contributed by atoms with van der Waals surface area (Å²) < 4.78 is 50.5. The largest absolute Gasteiger partial charge is 0.491 e. The topological polar surface area (TPSA) is 96.9 Å². The maximum Gasteiger partial charge on any atom is 0.390 e. The number of methoxy groups -OCH3 is 1. The third-order valence-electron chi connectivity index (χ3n) is 6.31. The first kappa shape index (κ1) is 28.3. The van der Waals surface area contributed by atoms with E-state index in [4.69, 9.17) is 9.47 Å². The molecule has 3 rings (SSSR count). The van der Waals surface area contributed by atoms with Crippen LogP contribution in [0.3, 0.4) is 0 Å². The number of hydrogen-bond donors (Lipinski definition) is 1. The molecular weight excluding hydrogens is 491 g/mol. The van der Waals surface area contributed by atoms with Crippen LogP contribution in [-0.4, -0.2) is 90.3 Å². The molecule has 12 heteroatoms. The van der Waals surface area contributed by atoms with Crippen molar-refractivity contribution in [3.8, 4) is 5.75 Å². The number of halogens is 3. The van der Waals surface area contributed by atoms with E-state index < -0.39 is 24.6 Å². The lowest BCUT2D eigenvalue weighted by atomic mass is 10.0. The Bertz CT molecular complexity index is 1070. The Morgan fingerprint density at radius 1 is 1.24 bits per heavy atom.